The van der Waals surface area contributed by atoms with Gasteiger partial charge in [0.2, 0.25) is 0 Å². The van der Waals surface area contributed by atoms with E-state index < -0.39 is 0 Å². The largest absolute Gasteiger partial charge is 0.383 e. The van der Waals surface area contributed by atoms with Gasteiger partial charge in [0, 0.05) is 19.6 Å². The van der Waals surface area contributed by atoms with Crippen molar-refractivity contribution in [1.29, 1.82) is 0 Å². The summed E-state index contributed by atoms with van der Waals surface area (Å²) in [6.45, 7) is 5.75. The summed E-state index contributed by atoms with van der Waals surface area (Å²) in [6.07, 6.45) is 2.32. The van der Waals surface area contributed by atoms with Gasteiger partial charge < -0.3 is 14.6 Å². The molecule has 0 aromatic carbocycles. The van der Waals surface area contributed by atoms with Crippen LogP contribution in [0, 0.1) is 6.92 Å². The van der Waals surface area contributed by atoms with Gasteiger partial charge >= 0.3 is 0 Å². The molecule has 1 fully saturated rings. The molecule has 5 heteroatoms. The normalized spacial score (nSPS) is 17.9. The quantitative estimate of drug-likeness (QED) is 0.818. The van der Waals surface area contributed by atoms with Crippen molar-refractivity contribution in [3.8, 4) is 0 Å². The fourth-order valence-electron chi connectivity index (χ4n) is 2.24. The molecule has 1 aromatic heterocycles. The van der Waals surface area contributed by atoms with Crippen molar-refractivity contribution in [2.75, 3.05) is 26.8 Å². The van der Waals surface area contributed by atoms with Gasteiger partial charge in [-0.3, -0.25) is 0 Å². The minimum Gasteiger partial charge on any atom is -0.383 e. The van der Waals surface area contributed by atoms with Gasteiger partial charge in [-0.2, -0.15) is 0 Å². The number of rotatable bonds is 4. The zero-order chi connectivity index (χ0) is 11.4. The van der Waals surface area contributed by atoms with Crippen molar-refractivity contribution < 1.29 is 4.74 Å². The third kappa shape index (κ3) is 2.41. The summed E-state index contributed by atoms with van der Waals surface area (Å²) in [6, 6.07) is 0. The summed E-state index contributed by atoms with van der Waals surface area (Å²) in [4.78, 5) is 0. The van der Waals surface area contributed by atoms with Crippen LogP contribution in [-0.2, 0) is 11.3 Å². The summed E-state index contributed by atoms with van der Waals surface area (Å²) in [5.74, 6) is 2.68. The lowest BCUT2D eigenvalue weighted by Crippen LogP contribution is -2.28. The number of nitrogens with one attached hydrogen (secondary N) is 1. The summed E-state index contributed by atoms with van der Waals surface area (Å²) < 4.78 is 7.32. The Morgan fingerprint density at radius 3 is 2.81 bits per heavy atom. The van der Waals surface area contributed by atoms with E-state index in [1.807, 2.05) is 6.92 Å². The summed E-state index contributed by atoms with van der Waals surface area (Å²) in [7, 11) is 1.73. The van der Waals surface area contributed by atoms with Crippen LogP contribution < -0.4 is 5.32 Å². The first-order valence-corrected chi connectivity index (χ1v) is 5.92. The second-order valence-corrected chi connectivity index (χ2v) is 4.27. The van der Waals surface area contributed by atoms with Gasteiger partial charge in [-0.15, -0.1) is 10.2 Å². The first-order chi connectivity index (χ1) is 7.83. The zero-order valence-electron chi connectivity index (χ0n) is 10.1. The minimum atomic E-state index is 0.555. The van der Waals surface area contributed by atoms with Gasteiger partial charge in [-0.1, -0.05) is 0 Å². The molecule has 0 spiro atoms. The van der Waals surface area contributed by atoms with E-state index in [2.05, 4.69) is 20.1 Å². The fraction of sp³-hybridized carbons (Fsp3) is 0.818. The van der Waals surface area contributed by atoms with Crippen LogP contribution in [0.5, 0.6) is 0 Å². The number of ether oxygens (including phenoxy) is 1. The van der Waals surface area contributed by atoms with E-state index in [-0.39, 0.29) is 0 Å². The lowest BCUT2D eigenvalue weighted by molar-refractivity contribution is 0.184. The van der Waals surface area contributed by atoms with Crippen molar-refractivity contribution in [3.05, 3.63) is 11.6 Å². The lowest BCUT2D eigenvalue weighted by atomic mass is 9.97. The molecule has 0 saturated carbocycles. The fourth-order valence-corrected chi connectivity index (χ4v) is 2.24. The standard InChI is InChI=1S/C11H20N4O/c1-9-13-14-11(15(9)7-8-16-2)10-3-5-12-6-4-10/h10,12H,3-8H2,1-2H3. The Kier molecular flexibility index (Phi) is 3.90. The number of aryl methyl sites for hydroxylation is 1. The van der Waals surface area contributed by atoms with Gasteiger partial charge in [0.05, 0.1) is 6.61 Å². The highest BCUT2D eigenvalue weighted by Crippen LogP contribution is 2.23. The Morgan fingerprint density at radius 1 is 1.38 bits per heavy atom. The van der Waals surface area contributed by atoms with Crippen LogP contribution in [0.25, 0.3) is 0 Å². The van der Waals surface area contributed by atoms with Gasteiger partial charge in [0.25, 0.3) is 0 Å². The van der Waals surface area contributed by atoms with E-state index in [0.717, 1.165) is 50.7 Å². The minimum absolute atomic E-state index is 0.555. The predicted molar refractivity (Wildman–Crippen MR) is 61.5 cm³/mol. The smallest absolute Gasteiger partial charge is 0.136 e. The van der Waals surface area contributed by atoms with Crippen LogP contribution >= 0.6 is 0 Å². The van der Waals surface area contributed by atoms with Crippen molar-refractivity contribution in [1.82, 2.24) is 20.1 Å². The molecule has 90 valence electrons. The third-order valence-corrected chi connectivity index (χ3v) is 3.19. The number of methoxy groups -OCH3 is 1. The molecule has 0 amide bonds. The van der Waals surface area contributed by atoms with Crippen LogP contribution in [0.15, 0.2) is 0 Å². The molecule has 0 aliphatic carbocycles. The van der Waals surface area contributed by atoms with Crippen LogP contribution in [0.3, 0.4) is 0 Å². The van der Waals surface area contributed by atoms with E-state index in [9.17, 15) is 0 Å². The highest BCUT2D eigenvalue weighted by atomic mass is 16.5. The molecule has 0 radical (unpaired) electrons. The molecule has 1 aliphatic rings. The number of nitrogens with zero attached hydrogens (tertiary/aromatic N) is 3. The number of aromatic nitrogens is 3. The van der Waals surface area contributed by atoms with E-state index >= 15 is 0 Å². The predicted octanol–water partition coefficient (Wildman–Crippen LogP) is 0.700. The Balaban J connectivity index is 2.12. The third-order valence-electron chi connectivity index (χ3n) is 3.19. The summed E-state index contributed by atoms with van der Waals surface area (Å²) in [5, 5.41) is 11.9. The molecule has 2 heterocycles. The maximum atomic E-state index is 5.12. The molecule has 2 rings (SSSR count). The van der Waals surface area contributed by atoms with Gasteiger partial charge in [-0.05, 0) is 32.9 Å². The van der Waals surface area contributed by atoms with Crippen LogP contribution in [0.2, 0.25) is 0 Å². The Bertz CT molecular complexity index is 331. The molecule has 1 N–H and O–H groups in total. The molecule has 5 nitrogen and oxygen atoms in total. The van der Waals surface area contributed by atoms with Gasteiger partial charge in [-0.25, -0.2) is 0 Å². The molecule has 0 unspecified atom stereocenters. The first kappa shape index (κ1) is 11.5. The topological polar surface area (TPSA) is 52.0 Å². The molecule has 1 aromatic rings. The van der Waals surface area contributed by atoms with Crippen molar-refractivity contribution >= 4 is 0 Å². The number of hydrogen-bond donors (Lipinski definition) is 1. The van der Waals surface area contributed by atoms with E-state index in [0.29, 0.717) is 5.92 Å². The second-order valence-electron chi connectivity index (χ2n) is 4.27. The Labute approximate surface area is 96.2 Å². The molecule has 1 aliphatic heterocycles. The molecular formula is C11H20N4O. The number of hydrogen-bond acceptors (Lipinski definition) is 4. The Hall–Kier alpha value is -0.940. The highest BCUT2D eigenvalue weighted by Gasteiger charge is 2.21. The maximum Gasteiger partial charge on any atom is 0.136 e. The average Bonchev–Trinajstić information content (AvgIpc) is 2.69. The van der Waals surface area contributed by atoms with Gasteiger partial charge in [0.15, 0.2) is 0 Å². The van der Waals surface area contributed by atoms with Crippen LogP contribution in [-0.4, -0.2) is 41.6 Å². The van der Waals surface area contributed by atoms with E-state index in [1.54, 1.807) is 7.11 Å². The molecule has 1 saturated heterocycles. The van der Waals surface area contributed by atoms with Crippen LogP contribution in [0.4, 0.5) is 0 Å². The molecule has 0 atom stereocenters. The van der Waals surface area contributed by atoms with Crippen molar-refractivity contribution in [3.63, 3.8) is 0 Å². The lowest BCUT2D eigenvalue weighted by Gasteiger charge is -2.22. The van der Waals surface area contributed by atoms with Crippen molar-refractivity contribution in [2.45, 2.75) is 32.2 Å². The average molecular weight is 224 g/mol. The Morgan fingerprint density at radius 2 is 2.12 bits per heavy atom. The molecular weight excluding hydrogens is 204 g/mol. The van der Waals surface area contributed by atoms with Crippen molar-refractivity contribution in [2.24, 2.45) is 0 Å². The van der Waals surface area contributed by atoms with Gasteiger partial charge in [0.1, 0.15) is 11.6 Å². The zero-order valence-corrected chi connectivity index (χ0v) is 10.1. The maximum absolute atomic E-state index is 5.12. The highest BCUT2D eigenvalue weighted by molar-refractivity contribution is 5.02. The van der Waals surface area contributed by atoms with E-state index in [1.165, 1.54) is 0 Å². The molecule has 16 heavy (non-hydrogen) atoms. The SMILES string of the molecule is COCCn1c(C)nnc1C1CCNCC1. The first-order valence-electron chi connectivity index (χ1n) is 5.92. The molecule has 0 bridgehead atoms. The summed E-state index contributed by atoms with van der Waals surface area (Å²) in [5.41, 5.74) is 0. The monoisotopic (exact) mass is 224 g/mol. The second kappa shape index (κ2) is 5.41. The van der Waals surface area contributed by atoms with Crippen LogP contribution in [0.1, 0.15) is 30.4 Å². The van der Waals surface area contributed by atoms with E-state index in [4.69, 9.17) is 4.74 Å². The number of piperidine rings is 1. The summed E-state index contributed by atoms with van der Waals surface area (Å²) >= 11 is 0.